The Hall–Kier alpha value is -0.420. The second-order valence-electron chi connectivity index (χ2n) is 5.59. The topological polar surface area (TPSA) is 38.5 Å². The zero-order valence-electron chi connectivity index (χ0n) is 11.6. The minimum absolute atomic E-state index is 0.0553. The van der Waals surface area contributed by atoms with Crippen LogP contribution in [0.5, 0.6) is 0 Å². The second-order valence-corrected chi connectivity index (χ2v) is 6.57. The highest BCUT2D eigenvalue weighted by molar-refractivity contribution is 7.10. The van der Waals surface area contributed by atoms with Crippen molar-refractivity contribution < 1.29 is 4.74 Å². The molecule has 1 fully saturated rings. The molecule has 2 atom stereocenters. The van der Waals surface area contributed by atoms with Gasteiger partial charge in [-0.2, -0.15) is 0 Å². The second kappa shape index (κ2) is 5.70. The molecule has 2 heterocycles. The van der Waals surface area contributed by atoms with Crippen molar-refractivity contribution in [2.75, 3.05) is 19.8 Å². The summed E-state index contributed by atoms with van der Waals surface area (Å²) in [4.78, 5) is 3.90. The lowest BCUT2D eigenvalue weighted by Gasteiger charge is -2.48. The summed E-state index contributed by atoms with van der Waals surface area (Å²) >= 11 is 1.81. The van der Waals surface area contributed by atoms with Crippen LogP contribution < -0.4 is 5.73 Å². The molecule has 2 rings (SSSR count). The number of morpholine rings is 1. The quantitative estimate of drug-likeness (QED) is 0.912. The van der Waals surface area contributed by atoms with Crippen molar-refractivity contribution >= 4 is 11.3 Å². The van der Waals surface area contributed by atoms with Gasteiger partial charge in [0, 0.05) is 23.0 Å². The monoisotopic (exact) mass is 268 g/mol. The maximum absolute atomic E-state index is 6.38. The molecule has 2 unspecified atom stereocenters. The van der Waals surface area contributed by atoms with Crippen LogP contribution in [0.2, 0.25) is 0 Å². The first kappa shape index (κ1) is 14.0. The number of hydrogen-bond acceptors (Lipinski definition) is 4. The van der Waals surface area contributed by atoms with Crippen LogP contribution in [0.25, 0.3) is 0 Å². The molecule has 0 radical (unpaired) electrons. The molecule has 1 aliphatic rings. The lowest BCUT2D eigenvalue weighted by molar-refractivity contribution is -0.0770. The summed E-state index contributed by atoms with van der Waals surface area (Å²) in [6.07, 6.45) is 0.996. The molecule has 0 bridgehead atoms. The molecule has 0 saturated carbocycles. The highest BCUT2D eigenvalue weighted by atomic mass is 32.1. The first-order chi connectivity index (χ1) is 8.56. The van der Waals surface area contributed by atoms with Crippen LogP contribution in [-0.4, -0.2) is 36.2 Å². The maximum Gasteiger partial charge on any atom is 0.0645 e. The lowest BCUT2D eigenvalue weighted by atomic mass is 9.94. The van der Waals surface area contributed by atoms with Gasteiger partial charge in [-0.1, -0.05) is 13.0 Å². The average molecular weight is 268 g/mol. The summed E-state index contributed by atoms with van der Waals surface area (Å²) in [5, 5.41) is 2.14. The predicted molar refractivity (Wildman–Crippen MR) is 76.9 cm³/mol. The fraction of sp³-hybridized carbons (Fsp3) is 0.714. The molecule has 1 aromatic rings. The summed E-state index contributed by atoms with van der Waals surface area (Å²) in [5.41, 5.74) is 6.44. The SMILES string of the molecule is CCC(N)C(c1cccs1)N1CCOCC1(C)C. The molecule has 4 heteroatoms. The third-order valence-corrected chi connectivity index (χ3v) is 4.70. The summed E-state index contributed by atoms with van der Waals surface area (Å²) in [6, 6.07) is 4.81. The molecule has 2 N–H and O–H groups in total. The van der Waals surface area contributed by atoms with Gasteiger partial charge >= 0.3 is 0 Å². The summed E-state index contributed by atoms with van der Waals surface area (Å²) in [5.74, 6) is 0. The molecular weight excluding hydrogens is 244 g/mol. The van der Waals surface area contributed by atoms with Crippen molar-refractivity contribution in [2.24, 2.45) is 5.73 Å². The van der Waals surface area contributed by atoms with E-state index in [4.69, 9.17) is 10.5 Å². The Labute approximate surface area is 114 Å². The van der Waals surface area contributed by atoms with Gasteiger partial charge in [-0.15, -0.1) is 11.3 Å². The van der Waals surface area contributed by atoms with E-state index < -0.39 is 0 Å². The van der Waals surface area contributed by atoms with Gasteiger partial charge in [0.25, 0.3) is 0 Å². The number of ether oxygens (including phenoxy) is 1. The molecule has 18 heavy (non-hydrogen) atoms. The third-order valence-electron chi connectivity index (χ3n) is 3.76. The highest BCUT2D eigenvalue weighted by Crippen LogP contribution is 2.35. The van der Waals surface area contributed by atoms with Crippen LogP contribution in [0.1, 0.15) is 38.1 Å². The van der Waals surface area contributed by atoms with Crippen molar-refractivity contribution in [3.8, 4) is 0 Å². The van der Waals surface area contributed by atoms with Gasteiger partial charge in [-0.3, -0.25) is 4.90 Å². The average Bonchev–Trinajstić information content (AvgIpc) is 2.84. The van der Waals surface area contributed by atoms with E-state index in [2.05, 4.69) is 43.2 Å². The van der Waals surface area contributed by atoms with E-state index in [9.17, 15) is 0 Å². The fourth-order valence-corrected chi connectivity index (χ4v) is 3.58. The molecule has 1 aromatic heterocycles. The Bertz CT molecular complexity index is 364. The number of nitrogens with zero attached hydrogens (tertiary/aromatic N) is 1. The smallest absolute Gasteiger partial charge is 0.0645 e. The van der Waals surface area contributed by atoms with Crippen LogP contribution in [0.3, 0.4) is 0 Å². The molecular formula is C14H24N2OS. The summed E-state index contributed by atoms with van der Waals surface area (Å²) < 4.78 is 5.62. The van der Waals surface area contributed by atoms with Crippen molar-refractivity contribution in [1.29, 1.82) is 0 Å². The summed E-state index contributed by atoms with van der Waals surface area (Å²) in [6.45, 7) is 9.21. The Morgan fingerprint density at radius 2 is 2.33 bits per heavy atom. The zero-order chi connectivity index (χ0) is 13.2. The first-order valence-electron chi connectivity index (χ1n) is 6.69. The largest absolute Gasteiger partial charge is 0.378 e. The van der Waals surface area contributed by atoms with Crippen LogP contribution in [-0.2, 0) is 4.74 Å². The number of thiophene rings is 1. The Balaban J connectivity index is 2.28. The van der Waals surface area contributed by atoms with Gasteiger partial charge in [-0.05, 0) is 31.7 Å². The van der Waals surface area contributed by atoms with Gasteiger partial charge in [0.05, 0.1) is 19.3 Å². The maximum atomic E-state index is 6.38. The van der Waals surface area contributed by atoms with Crippen molar-refractivity contribution in [2.45, 2.75) is 44.8 Å². The third kappa shape index (κ3) is 2.77. The van der Waals surface area contributed by atoms with Gasteiger partial charge < -0.3 is 10.5 Å². The van der Waals surface area contributed by atoms with Crippen LogP contribution in [0.4, 0.5) is 0 Å². The number of nitrogens with two attached hydrogens (primary N) is 1. The normalized spacial score (nSPS) is 23.8. The molecule has 1 saturated heterocycles. The first-order valence-corrected chi connectivity index (χ1v) is 7.57. The van der Waals surface area contributed by atoms with Crippen molar-refractivity contribution in [3.63, 3.8) is 0 Å². The Morgan fingerprint density at radius 3 is 2.89 bits per heavy atom. The summed E-state index contributed by atoms with van der Waals surface area (Å²) in [7, 11) is 0. The van der Waals surface area contributed by atoms with E-state index in [0.717, 1.165) is 26.2 Å². The van der Waals surface area contributed by atoms with E-state index in [0.29, 0.717) is 6.04 Å². The number of rotatable bonds is 4. The van der Waals surface area contributed by atoms with Crippen molar-refractivity contribution in [1.82, 2.24) is 4.90 Å². The highest BCUT2D eigenvalue weighted by Gasteiger charge is 2.38. The van der Waals surface area contributed by atoms with Gasteiger partial charge in [0.1, 0.15) is 0 Å². The lowest BCUT2D eigenvalue weighted by Crippen LogP contribution is -2.57. The minimum Gasteiger partial charge on any atom is -0.378 e. The van der Waals surface area contributed by atoms with Gasteiger partial charge in [0.2, 0.25) is 0 Å². The fourth-order valence-electron chi connectivity index (χ4n) is 2.66. The standard InChI is InChI=1S/C14H24N2OS/c1-4-11(15)13(12-6-5-9-18-12)16-7-8-17-10-14(16,2)3/h5-6,9,11,13H,4,7-8,10,15H2,1-3H3. The Kier molecular flexibility index (Phi) is 4.43. The van der Waals surface area contributed by atoms with E-state index in [1.165, 1.54) is 4.88 Å². The molecule has 1 aliphatic heterocycles. The molecule has 102 valence electrons. The van der Waals surface area contributed by atoms with Gasteiger partial charge in [0.15, 0.2) is 0 Å². The molecule has 0 aromatic carbocycles. The van der Waals surface area contributed by atoms with Crippen molar-refractivity contribution in [3.05, 3.63) is 22.4 Å². The van der Waals surface area contributed by atoms with Crippen LogP contribution >= 0.6 is 11.3 Å². The number of hydrogen-bond donors (Lipinski definition) is 1. The van der Waals surface area contributed by atoms with Crippen LogP contribution in [0.15, 0.2) is 17.5 Å². The van der Waals surface area contributed by atoms with Crippen LogP contribution in [0, 0.1) is 0 Å². The van der Waals surface area contributed by atoms with Gasteiger partial charge in [-0.25, -0.2) is 0 Å². The van der Waals surface area contributed by atoms with E-state index in [-0.39, 0.29) is 11.6 Å². The van der Waals surface area contributed by atoms with E-state index in [1.807, 2.05) is 0 Å². The molecule has 3 nitrogen and oxygen atoms in total. The van der Waals surface area contributed by atoms with E-state index >= 15 is 0 Å². The predicted octanol–water partition coefficient (Wildman–Crippen LogP) is 2.64. The molecule has 0 amide bonds. The molecule has 0 aliphatic carbocycles. The Morgan fingerprint density at radius 1 is 1.56 bits per heavy atom. The zero-order valence-corrected chi connectivity index (χ0v) is 12.4. The van der Waals surface area contributed by atoms with E-state index in [1.54, 1.807) is 11.3 Å². The minimum atomic E-state index is 0.0553. The molecule has 0 spiro atoms.